The molecule has 1 aliphatic carbocycles. The molecule has 1 aromatic heterocycles. The zero-order chi connectivity index (χ0) is 11.7. The van der Waals surface area contributed by atoms with E-state index in [9.17, 15) is 9.59 Å². The number of hydrazine groups is 1. The maximum Gasteiger partial charge on any atom is 0.255 e. The number of nitrogen functional groups attached to an aromatic ring is 1. The number of aromatic nitrogens is 2. The zero-order valence-corrected chi connectivity index (χ0v) is 8.62. The Bertz CT molecular complexity index is 481. The van der Waals surface area contributed by atoms with Crippen molar-refractivity contribution in [1.82, 2.24) is 15.4 Å². The van der Waals surface area contributed by atoms with Crippen LogP contribution in [0.5, 0.6) is 0 Å². The number of carbonyl (C=O) groups excluding carboxylic acids is 1. The van der Waals surface area contributed by atoms with Crippen molar-refractivity contribution in [2.24, 2.45) is 11.8 Å². The van der Waals surface area contributed by atoms with Crippen molar-refractivity contribution >= 4 is 11.9 Å². The summed E-state index contributed by atoms with van der Waals surface area (Å²) in [6.07, 6.45) is 1.56. The number of fused-ring (bicyclic) bond motifs is 1. The van der Waals surface area contributed by atoms with E-state index in [0.717, 1.165) is 0 Å². The Morgan fingerprint density at radius 2 is 2.31 bits per heavy atom. The molecule has 0 aromatic carbocycles. The number of carbonyl (C=O) groups is 1. The first-order valence-corrected chi connectivity index (χ1v) is 5.00. The first kappa shape index (κ1) is 10.6. The van der Waals surface area contributed by atoms with Gasteiger partial charge in [-0.2, -0.15) is 0 Å². The molecule has 16 heavy (non-hydrogen) atoms. The standard InChI is InChI=1S/C9H13N5O2/c10-9-12-6-2-1-4(7(15)14-11)3-5(6)8(16)13-9/h4H,1-3,11H2,(H,14,15)(H3,10,12,13,16)/t4-/m1/s1. The summed E-state index contributed by atoms with van der Waals surface area (Å²) in [6.45, 7) is 0. The quantitative estimate of drug-likeness (QED) is 0.260. The highest BCUT2D eigenvalue weighted by Crippen LogP contribution is 2.21. The fourth-order valence-corrected chi connectivity index (χ4v) is 1.98. The highest BCUT2D eigenvalue weighted by atomic mass is 16.2. The van der Waals surface area contributed by atoms with Gasteiger partial charge in [-0.1, -0.05) is 0 Å². The van der Waals surface area contributed by atoms with Gasteiger partial charge in [0.05, 0.1) is 5.69 Å². The molecule has 0 saturated heterocycles. The summed E-state index contributed by atoms with van der Waals surface area (Å²) >= 11 is 0. The number of nitrogens with zero attached hydrogens (tertiary/aromatic N) is 1. The van der Waals surface area contributed by atoms with Crippen molar-refractivity contribution in [3.05, 3.63) is 21.6 Å². The molecule has 0 unspecified atom stereocenters. The predicted octanol–water partition coefficient (Wildman–Crippen LogP) is -1.55. The highest BCUT2D eigenvalue weighted by Gasteiger charge is 2.27. The van der Waals surface area contributed by atoms with Gasteiger partial charge in [0.25, 0.3) is 5.56 Å². The van der Waals surface area contributed by atoms with Crippen LogP contribution in [0.25, 0.3) is 0 Å². The summed E-state index contributed by atoms with van der Waals surface area (Å²) in [5, 5.41) is 0. The number of H-pyrrole nitrogens is 1. The summed E-state index contributed by atoms with van der Waals surface area (Å²) in [4.78, 5) is 29.4. The molecule has 0 bridgehead atoms. The molecule has 1 amide bonds. The average Bonchev–Trinajstić information content (AvgIpc) is 2.27. The number of nitrogens with two attached hydrogens (primary N) is 2. The van der Waals surface area contributed by atoms with Gasteiger partial charge in [0.2, 0.25) is 11.9 Å². The second-order valence-corrected chi connectivity index (χ2v) is 3.82. The molecule has 6 N–H and O–H groups in total. The smallest absolute Gasteiger partial charge is 0.255 e. The van der Waals surface area contributed by atoms with Crippen LogP contribution >= 0.6 is 0 Å². The van der Waals surface area contributed by atoms with Gasteiger partial charge >= 0.3 is 0 Å². The number of aryl methyl sites for hydroxylation is 1. The zero-order valence-electron chi connectivity index (χ0n) is 8.62. The van der Waals surface area contributed by atoms with Crippen LogP contribution in [0, 0.1) is 5.92 Å². The lowest BCUT2D eigenvalue weighted by molar-refractivity contribution is -0.125. The van der Waals surface area contributed by atoms with Crippen molar-refractivity contribution in [2.45, 2.75) is 19.3 Å². The minimum absolute atomic E-state index is 0.116. The van der Waals surface area contributed by atoms with E-state index in [1.807, 2.05) is 0 Å². The average molecular weight is 223 g/mol. The van der Waals surface area contributed by atoms with Crippen molar-refractivity contribution in [3.63, 3.8) is 0 Å². The van der Waals surface area contributed by atoms with Crippen molar-refractivity contribution in [3.8, 4) is 0 Å². The van der Waals surface area contributed by atoms with Gasteiger partial charge in [-0.3, -0.25) is 20.0 Å². The van der Waals surface area contributed by atoms with E-state index in [1.54, 1.807) is 0 Å². The first-order valence-electron chi connectivity index (χ1n) is 5.00. The summed E-state index contributed by atoms with van der Waals surface area (Å²) in [5.74, 6) is 4.67. The van der Waals surface area contributed by atoms with Crippen LogP contribution < -0.4 is 22.6 Å². The molecule has 0 fully saturated rings. The lowest BCUT2D eigenvalue weighted by atomic mass is 9.87. The summed E-state index contributed by atoms with van der Waals surface area (Å²) in [7, 11) is 0. The molecule has 1 aromatic rings. The molecule has 0 saturated carbocycles. The fraction of sp³-hybridized carbons (Fsp3) is 0.444. The lowest BCUT2D eigenvalue weighted by Gasteiger charge is -2.21. The largest absolute Gasteiger partial charge is 0.369 e. The van der Waals surface area contributed by atoms with E-state index in [4.69, 9.17) is 11.6 Å². The maximum atomic E-state index is 11.6. The van der Waals surface area contributed by atoms with E-state index in [1.165, 1.54) is 0 Å². The summed E-state index contributed by atoms with van der Waals surface area (Å²) in [5.41, 5.74) is 8.49. The number of anilines is 1. The molecule has 1 aliphatic rings. The third kappa shape index (κ3) is 1.76. The van der Waals surface area contributed by atoms with E-state index in [0.29, 0.717) is 30.5 Å². The molecule has 1 heterocycles. The Morgan fingerprint density at radius 1 is 1.56 bits per heavy atom. The minimum Gasteiger partial charge on any atom is -0.369 e. The van der Waals surface area contributed by atoms with Gasteiger partial charge in [-0.15, -0.1) is 0 Å². The third-order valence-electron chi connectivity index (χ3n) is 2.81. The van der Waals surface area contributed by atoms with Gasteiger partial charge in [0, 0.05) is 11.5 Å². The molecular weight excluding hydrogens is 210 g/mol. The van der Waals surface area contributed by atoms with Crippen LogP contribution in [0.15, 0.2) is 4.79 Å². The fourth-order valence-electron chi connectivity index (χ4n) is 1.98. The van der Waals surface area contributed by atoms with Gasteiger partial charge in [-0.25, -0.2) is 10.8 Å². The van der Waals surface area contributed by atoms with E-state index in [-0.39, 0.29) is 23.3 Å². The topological polar surface area (TPSA) is 127 Å². The van der Waals surface area contributed by atoms with Gasteiger partial charge in [0.15, 0.2) is 0 Å². The van der Waals surface area contributed by atoms with Gasteiger partial charge < -0.3 is 5.73 Å². The Labute approximate surface area is 91.2 Å². The molecule has 7 nitrogen and oxygen atoms in total. The Morgan fingerprint density at radius 3 is 3.00 bits per heavy atom. The van der Waals surface area contributed by atoms with E-state index < -0.39 is 0 Å². The Balaban J connectivity index is 2.34. The predicted molar refractivity (Wildman–Crippen MR) is 57.1 cm³/mol. The molecule has 1 atom stereocenters. The van der Waals surface area contributed by atoms with Gasteiger partial charge in [0.1, 0.15) is 0 Å². The Hall–Kier alpha value is -1.89. The molecule has 0 spiro atoms. The molecule has 86 valence electrons. The maximum absolute atomic E-state index is 11.6. The SMILES string of the molecule is NNC(=O)[C@@H]1CCc2nc(N)[nH]c(=O)c2C1. The normalized spacial score (nSPS) is 18.9. The monoisotopic (exact) mass is 223 g/mol. The van der Waals surface area contributed by atoms with Crippen LogP contribution in [0.1, 0.15) is 17.7 Å². The Kier molecular flexibility index (Phi) is 2.61. The third-order valence-corrected chi connectivity index (χ3v) is 2.81. The van der Waals surface area contributed by atoms with Crippen molar-refractivity contribution in [1.29, 1.82) is 0 Å². The van der Waals surface area contributed by atoms with Crippen molar-refractivity contribution < 1.29 is 4.79 Å². The van der Waals surface area contributed by atoms with Crippen LogP contribution in [-0.4, -0.2) is 15.9 Å². The number of hydrogen-bond acceptors (Lipinski definition) is 5. The van der Waals surface area contributed by atoms with Crippen LogP contribution in [0.2, 0.25) is 0 Å². The lowest BCUT2D eigenvalue weighted by Crippen LogP contribution is -2.39. The molecular formula is C9H13N5O2. The number of amides is 1. The van der Waals surface area contributed by atoms with Crippen LogP contribution in [-0.2, 0) is 17.6 Å². The highest BCUT2D eigenvalue weighted by molar-refractivity contribution is 5.78. The van der Waals surface area contributed by atoms with E-state index in [2.05, 4.69) is 15.4 Å². The molecule has 7 heteroatoms. The second kappa shape index (κ2) is 3.93. The second-order valence-electron chi connectivity index (χ2n) is 3.82. The number of hydrogen-bond donors (Lipinski definition) is 4. The summed E-state index contributed by atoms with van der Waals surface area (Å²) in [6, 6.07) is 0. The number of rotatable bonds is 1. The molecule has 2 rings (SSSR count). The number of nitrogens with one attached hydrogen (secondary N) is 2. The van der Waals surface area contributed by atoms with Gasteiger partial charge in [-0.05, 0) is 19.3 Å². The van der Waals surface area contributed by atoms with Crippen molar-refractivity contribution in [2.75, 3.05) is 5.73 Å². The van der Waals surface area contributed by atoms with Crippen LogP contribution in [0.3, 0.4) is 0 Å². The molecule has 0 radical (unpaired) electrons. The van der Waals surface area contributed by atoms with E-state index >= 15 is 0 Å². The van der Waals surface area contributed by atoms with Crippen LogP contribution in [0.4, 0.5) is 5.95 Å². The molecule has 0 aliphatic heterocycles. The first-order chi connectivity index (χ1) is 7.61. The summed E-state index contributed by atoms with van der Waals surface area (Å²) < 4.78 is 0. The minimum atomic E-state index is -0.267. The number of aromatic amines is 1.